The molecule has 0 aliphatic carbocycles. The lowest BCUT2D eigenvalue weighted by Gasteiger charge is -2.10. The van der Waals surface area contributed by atoms with Gasteiger partial charge in [0.25, 0.3) is 11.5 Å². The SMILES string of the molecule is Cc1ccc(C)c(NC(=O)c2c(C)cc[nH]c2=O)c1. The number of hydrogen-bond acceptors (Lipinski definition) is 2. The normalized spacial score (nSPS) is 10.3. The molecule has 19 heavy (non-hydrogen) atoms. The summed E-state index contributed by atoms with van der Waals surface area (Å²) >= 11 is 0. The number of aryl methyl sites for hydroxylation is 3. The number of rotatable bonds is 2. The van der Waals surface area contributed by atoms with Crippen LogP contribution in [0.5, 0.6) is 0 Å². The van der Waals surface area contributed by atoms with Crippen LogP contribution in [-0.4, -0.2) is 10.9 Å². The summed E-state index contributed by atoms with van der Waals surface area (Å²) < 4.78 is 0. The number of carbonyl (C=O) groups is 1. The molecule has 1 aromatic carbocycles. The largest absolute Gasteiger partial charge is 0.328 e. The van der Waals surface area contributed by atoms with Gasteiger partial charge in [0.1, 0.15) is 5.56 Å². The van der Waals surface area contributed by atoms with Gasteiger partial charge in [-0.2, -0.15) is 0 Å². The van der Waals surface area contributed by atoms with E-state index in [2.05, 4.69) is 10.3 Å². The number of aromatic amines is 1. The minimum absolute atomic E-state index is 0.156. The standard InChI is InChI=1S/C15H16N2O2/c1-9-4-5-10(2)12(8-9)17-15(19)13-11(3)6-7-16-14(13)18/h4-8H,1-3H3,(H,16,18)(H,17,19). The van der Waals surface area contributed by atoms with E-state index in [1.54, 1.807) is 13.0 Å². The zero-order valence-electron chi connectivity index (χ0n) is 11.2. The maximum Gasteiger partial charge on any atom is 0.261 e. The molecule has 1 heterocycles. The van der Waals surface area contributed by atoms with Crippen molar-refractivity contribution >= 4 is 11.6 Å². The van der Waals surface area contributed by atoms with E-state index in [1.165, 1.54) is 6.20 Å². The second-order valence-corrected chi connectivity index (χ2v) is 4.64. The third-order valence-corrected chi connectivity index (χ3v) is 3.04. The molecule has 4 nitrogen and oxygen atoms in total. The first kappa shape index (κ1) is 13.1. The first-order valence-electron chi connectivity index (χ1n) is 6.06. The minimum atomic E-state index is -0.381. The third kappa shape index (κ3) is 2.73. The number of nitrogens with one attached hydrogen (secondary N) is 2. The van der Waals surface area contributed by atoms with Crippen molar-refractivity contribution in [2.75, 3.05) is 5.32 Å². The fourth-order valence-corrected chi connectivity index (χ4v) is 1.91. The van der Waals surface area contributed by atoms with E-state index < -0.39 is 0 Å². The zero-order valence-corrected chi connectivity index (χ0v) is 11.2. The Kier molecular flexibility index (Phi) is 3.51. The molecule has 1 amide bonds. The topological polar surface area (TPSA) is 62.0 Å². The molecule has 0 spiro atoms. The number of anilines is 1. The van der Waals surface area contributed by atoms with Crippen molar-refractivity contribution in [1.82, 2.24) is 4.98 Å². The maximum absolute atomic E-state index is 12.2. The van der Waals surface area contributed by atoms with Crippen molar-refractivity contribution < 1.29 is 4.79 Å². The lowest BCUT2D eigenvalue weighted by molar-refractivity contribution is 0.102. The number of benzene rings is 1. The first-order chi connectivity index (χ1) is 8.99. The van der Waals surface area contributed by atoms with Crippen LogP contribution in [0.25, 0.3) is 0 Å². The van der Waals surface area contributed by atoms with Crippen molar-refractivity contribution in [3.63, 3.8) is 0 Å². The molecule has 0 bridgehead atoms. The number of aromatic nitrogens is 1. The van der Waals surface area contributed by atoms with E-state index >= 15 is 0 Å². The van der Waals surface area contributed by atoms with Crippen LogP contribution >= 0.6 is 0 Å². The van der Waals surface area contributed by atoms with E-state index in [-0.39, 0.29) is 17.0 Å². The molecule has 2 N–H and O–H groups in total. The molecule has 2 aromatic rings. The highest BCUT2D eigenvalue weighted by Gasteiger charge is 2.14. The van der Waals surface area contributed by atoms with Crippen LogP contribution in [0.2, 0.25) is 0 Å². The molecule has 0 unspecified atom stereocenters. The Morgan fingerprint density at radius 1 is 1.11 bits per heavy atom. The van der Waals surface area contributed by atoms with Crippen LogP contribution in [0.3, 0.4) is 0 Å². The number of carbonyl (C=O) groups excluding carboxylic acids is 1. The van der Waals surface area contributed by atoms with Gasteiger partial charge in [0.2, 0.25) is 0 Å². The van der Waals surface area contributed by atoms with Crippen molar-refractivity contribution in [3.05, 3.63) is 63.1 Å². The van der Waals surface area contributed by atoms with Gasteiger partial charge in [-0.25, -0.2) is 0 Å². The molecular formula is C15H16N2O2. The molecule has 0 saturated heterocycles. The second kappa shape index (κ2) is 5.10. The van der Waals surface area contributed by atoms with Crippen LogP contribution in [-0.2, 0) is 0 Å². The molecule has 0 aliphatic heterocycles. The van der Waals surface area contributed by atoms with Gasteiger partial charge in [0.05, 0.1) is 0 Å². The van der Waals surface area contributed by atoms with E-state index in [0.717, 1.165) is 16.8 Å². The highest BCUT2D eigenvalue weighted by molar-refractivity contribution is 6.05. The van der Waals surface area contributed by atoms with Gasteiger partial charge in [0, 0.05) is 11.9 Å². The molecule has 0 fully saturated rings. The van der Waals surface area contributed by atoms with Gasteiger partial charge in [-0.15, -0.1) is 0 Å². The summed E-state index contributed by atoms with van der Waals surface area (Å²) in [5, 5.41) is 2.79. The van der Waals surface area contributed by atoms with E-state index in [4.69, 9.17) is 0 Å². The van der Waals surface area contributed by atoms with Crippen molar-refractivity contribution in [2.45, 2.75) is 20.8 Å². The Hall–Kier alpha value is -2.36. The van der Waals surface area contributed by atoms with Crippen molar-refractivity contribution in [1.29, 1.82) is 0 Å². The molecule has 0 aliphatic rings. The molecule has 1 aromatic heterocycles. The summed E-state index contributed by atoms with van der Waals surface area (Å²) in [6.45, 7) is 5.61. The first-order valence-corrected chi connectivity index (χ1v) is 6.06. The lowest BCUT2D eigenvalue weighted by Crippen LogP contribution is -2.24. The predicted molar refractivity (Wildman–Crippen MR) is 75.7 cm³/mol. The summed E-state index contributed by atoms with van der Waals surface area (Å²) in [5.41, 5.74) is 3.19. The van der Waals surface area contributed by atoms with Gasteiger partial charge in [-0.3, -0.25) is 9.59 Å². The number of hydrogen-bond donors (Lipinski definition) is 2. The van der Waals surface area contributed by atoms with Gasteiger partial charge in [-0.05, 0) is 49.6 Å². The summed E-state index contributed by atoms with van der Waals surface area (Å²) in [4.78, 5) is 26.4. The molecule has 4 heteroatoms. The van der Waals surface area contributed by atoms with Gasteiger partial charge in [0.15, 0.2) is 0 Å². The Bertz CT molecular complexity index is 687. The van der Waals surface area contributed by atoms with Crippen LogP contribution in [0.1, 0.15) is 27.0 Å². The van der Waals surface area contributed by atoms with E-state index in [1.807, 2.05) is 32.0 Å². The summed E-state index contributed by atoms with van der Waals surface area (Å²) in [5.74, 6) is -0.381. The summed E-state index contributed by atoms with van der Waals surface area (Å²) in [6.07, 6.45) is 1.53. The van der Waals surface area contributed by atoms with Crippen LogP contribution in [0, 0.1) is 20.8 Å². The molecule has 0 radical (unpaired) electrons. The second-order valence-electron chi connectivity index (χ2n) is 4.64. The number of H-pyrrole nitrogens is 1. The molecule has 0 atom stereocenters. The third-order valence-electron chi connectivity index (χ3n) is 3.04. The minimum Gasteiger partial charge on any atom is -0.328 e. The number of amides is 1. The van der Waals surface area contributed by atoms with Crippen LogP contribution in [0.4, 0.5) is 5.69 Å². The van der Waals surface area contributed by atoms with Crippen molar-refractivity contribution in [2.24, 2.45) is 0 Å². The zero-order chi connectivity index (χ0) is 14.0. The Labute approximate surface area is 111 Å². The summed E-state index contributed by atoms with van der Waals surface area (Å²) in [6, 6.07) is 7.51. The quantitative estimate of drug-likeness (QED) is 0.867. The average molecular weight is 256 g/mol. The van der Waals surface area contributed by atoms with Crippen LogP contribution < -0.4 is 10.9 Å². The fourth-order valence-electron chi connectivity index (χ4n) is 1.91. The lowest BCUT2D eigenvalue weighted by atomic mass is 10.1. The predicted octanol–water partition coefficient (Wildman–Crippen LogP) is 2.55. The number of pyridine rings is 1. The Morgan fingerprint density at radius 3 is 2.53 bits per heavy atom. The average Bonchev–Trinajstić information content (AvgIpc) is 2.33. The van der Waals surface area contributed by atoms with E-state index in [9.17, 15) is 9.59 Å². The Morgan fingerprint density at radius 2 is 1.84 bits per heavy atom. The van der Waals surface area contributed by atoms with Crippen LogP contribution in [0.15, 0.2) is 35.3 Å². The smallest absolute Gasteiger partial charge is 0.261 e. The monoisotopic (exact) mass is 256 g/mol. The van der Waals surface area contributed by atoms with Gasteiger partial charge in [-0.1, -0.05) is 12.1 Å². The molecule has 0 saturated carbocycles. The molecular weight excluding hydrogens is 240 g/mol. The van der Waals surface area contributed by atoms with Crippen molar-refractivity contribution in [3.8, 4) is 0 Å². The fraction of sp³-hybridized carbons (Fsp3) is 0.200. The highest BCUT2D eigenvalue weighted by Crippen LogP contribution is 2.17. The maximum atomic E-state index is 12.2. The Balaban J connectivity index is 2.36. The van der Waals surface area contributed by atoms with Gasteiger partial charge < -0.3 is 10.3 Å². The van der Waals surface area contributed by atoms with Gasteiger partial charge >= 0.3 is 0 Å². The molecule has 2 rings (SSSR count). The molecule has 98 valence electrons. The van der Waals surface area contributed by atoms with E-state index in [0.29, 0.717) is 5.56 Å². The highest BCUT2D eigenvalue weighted by atomic mass is 16.2. The summed E-state index contributed by atoms with van der Waals surface area (Å²) in [7, 11) is 0.